The quantitative estimate of drug-likeness (QED) is 0.230. The molecule has 0 atom stereocenters. The van der Waals surface area contributed by atoms with E-state index in [-0.39, 0.29) is 27.2 Å². The van der Waals surface area contributed by atoms with Gasteiger partial charge in [-0.15, -0.1) is 0 Å². The molecule has 1 aromatic rings. The van der Waals surface area contributed by atoms with E-state index in [9.17, 15) is 10.5 Å². The number of benzene rings is 1. The van der Waals surface area contributed by atoms with Crippen LogP contribution in [0, 0.1) is 38.9 Å². The van der Waals surface area contributed by atoms with Crippen molar-refractivity contribution in [2.24, 2.45) is 16.2 Å². The SMILES string of the molecule is CCCCCC12CCC(C3=CC(=C(C#N)C#N)C=C(/C=C/c4cc5c6c(c4)C(C)(C)C(C)(C)CN6CCC5(C)C)O3)(CC1)CC2. The Kier molecular flexibility index (Phi) is 7.92. The van der Waals surface area contributed by atoms with E-state index in [1.54, 1.807) is 0 Å². The van der Waals surface area contributed by atoms with Crippen LogP contribution in [0.15, 0.2) is 53.0 Å². The maximum absolute atomic E-state index is 9.82. The predicted octanol–water partition coefficient (Wildman–Crippen LogP) is 10.6. The first kappa shape index (κ1) is 31.7. The van der Waals surface area contributed by atoms with Gasteiger partial charge in [0.25, 0.3) is 0 Å². The van der Waals surface area contributed by atoms with Crippen LogP contribution in [0.3, 0.4) is 0 Å². The number of rotatable bonds is 7. The van der Waals surface area contributed by atoms with E-state index < -0.39 is 0 Å². The van der Waals surface area contributed by atoms with Crippen LogP contribution >= 0.6 is 0 Å². The topological polar surface area (TPSA) is 60.0 Å². The van der Waals surface area contributed by atoms with Gasteiger partial charge < -0.3 is 9.64 Å². The number of hydrogen-bond donors (Lipinski definition) is 0. The maximum atomic E-state index is 9.82. The molecular weight excluding hydrogens is 550 g/mol. The van der Waals surface area contributed by atoms with Gasteiger partial charge >= 0.3 is 0 Å². The molecular formula is C41H53N3O. The lowest BCUT2D eigenvalue weighted by atomic mass is 9.52. The molecule has 0 saturated heterocycles. The molecule has 3 saturated carbocycles. The number of fused-ring (bicyclic) bond motifs is 3. The monoisotopic (exact) mass is 603 g/mol. The highest BCUT2D eigenvalue weighted by Crippen LogP contribution is 2.62. The fourth-order valence-corrected chi connectivity index (χ4v) is 9.04. The van der Waals surface area contributed by atoms with Gasteiger partial charge in [-0.1, -0.05) is 73.8 Å². The summed E-state index contributed by atoms with van der Waals surface area (Å²) in [7, 11) is 0. The minimum Gasteiger partial charge on any atom is -0.461 e. The average molecular weight is 604 g/mol. The van der Waals surface area contributed by atoms with Gasteiger partial charge in [-0.05, 0) is 120 Å². The third-order valence-electron chi connectivity index (χ3n) is 13.1. The van der Waals surface area contributed by atoms with Crippen molar-refractivity contribution in [3.05, 3.63) is 69.7 Å². The number of ether oxygens (including phenoxy) is 1. The van der Waals surface area contributed by atoms with Gasteiger partial charge in [-0.2, -0.15) is 10.5 Å². The van der Waals surface area contributed by atoms with E-state index in [1.165, 1.54) is 67.3 Å². The Morgan fingerprint density at radius 1 is 0.867 bits per heavy atom. The average Bonchev–Trinajstić information content (AvgIpc) is 3.02. The normalized spacial score (nSPS) is 28.8. The molecule has 0 unspecified atom stereocenters. The summed E-state index contributed by atoms with van der Waals surface area (Å²) in [5.41, 5.74) is 7.13. The Morgan fingerprint density at radius 2 is 1.53 bits per heavy atom. The number of anilines is 1. The highest BCUT2D eigenvalue weighted by atomic mass is 16.5. The summed E-state index contributed by atoms with van der Waals surface area (Å²) in [4.78, 5) is 2.63. The number of nitriles is 2. The number of hydrogen-bond acceptors (Lipinski definition) is 4. The Hall–Kier alpha value is -3.24. The zero-order valence-electron chi connectivity index (χ0n) is 28.9. The van der Waals surface area contributed by atoms with Crippen molar-refractivity contribution in [3.63, 3.8) is 0 Å². The van der Waals surface area contributed by atoms with Crippen molar-refractivity contribution in [1.29, 1.82) is 10.5 Å². The summed E-state index contributed by atoms with van der Waals surface area (Å²) in [5, 5.41) is 19.6. The Balaban J connectivity index is 1.33. The van der Waals surface area contributed by atoms with Gasteiger partial charge in [0.2, 0.25) is 0 Å². The van der Waals surface area contributed by atoms with Crippen molar-refractivity contribution >= 4 is 11.8 Å². The lowest BCUT2D eigenvalue weighted by molar-refractivity contribution is -0.0195. The van der Waals surface area contributed by atoms with Crippen molar-refractivity contribution < 1.29 is 4.74 Å². The van der Waals surface area contributed by atoms with Crippen LogP contribution in [-0.2, 0) is 15.6 Å². The molecule has 2 bridgehead atoms. The predicted molar refractivity (Wildman–Crippen MR) is 184 cm³/mol. The Labute approximate surface area is 272 Å². The van der Waals surface area contributed by atoms with Crippen LogP contribution in [-0.4, -0.2) is 13.1 Å². The number of allylic oxidation sites excluding steroid dienone is 6. The molecule has 4 heteroatoms. The number of unbranched alkanes of at least 4 members (excludes halogenated alkanes) is 2. The smallest absolute Gasteiger partial charge is 0.137 e. The summed E-state index contributed by atoms with van der Waals surface area (Å²) in [6.45, 7) is 18.9. The van der Waals surface area contributed by atoms with Gasteiger partial charge in [0.1, 0.15) is 29.2 Å². The van der Waals surface area contributed by atoms with Crippen molar-refractivity contribution in [3.8, 4) is 12.1 Å². The van der Waals surface area contributed by atoms with Crippen LogP contribution < -0.4 is 4.90 Å². The maximum Gasteiger partial charge on any atom is 0.137 e. The van der Waals surface area contributed by atoms with Crippen LogP contribution in [0.25, 0.3) is 6.08 Å². The minimum absolute atomic E-state index is 0.000207. The molecule has 45 heavy (non-hydrogen) atoms. The fraction of sp³-hybridized carbons (Fsp3) is 0.610. The molecule has 7 rings (SSSR count). The molecule has 0 spiro atoms. The van der Waals surface area contributed by atoms with Crippen LogP contribution in [0.5, 0.6) is 0 Å². The molecule has 3 aliphatic carbocycles. The van der Waals surface area contributed by atoms with Crippen LogP contribution in [0.4, 0.5) is 5.69 Å². The summed E-state index contributed by atoms with van der Waals surface area (Å²) >= 11 is 0. The molecule has 0 N–H and O–H groups in total. The third kappa shape index (κ3) is 5.37. The Morgan fingerprint density at radius 3 is 2.18 bits per heavy atom. The lowest BCUT2D eigenvalue weighted by Gasteiger charge is -2.55. The number of nitrogens with zero attached hydrogens (tertiary/aromatic N) is 3. The highest BCUT2D eigenvalue weighted by molar-refractivity contribution is 5.73. The van der Waals surface area contributed by atoms with E-state index in [4.69, 9.17) is 4.74 Å². The second-order valence-electron chi connectivity index (χ2n) is 16.8. The van der Waals surface area contributed by atoms with Gasteiger partial charge in [0, 0.05) is 29.8 Å². The molecule has 3 fully saturated rings. The summed E-state index contributed by atoms with van der Waals surface area (Å²) < 4.78 is 6.75. The van der Waals surface area contributed by atoms with Crippen molar-refractivity contribution in [2.75, 3.05) is 18.0 Å². The van der Waals surface area contributed by atoms with E-state index >= 15 is 0 Å². The van der Waals surface area contributed by atoms with Gasteiger partial charge in [0.05, 0.1) is 0 Å². The molecule has 6 aliphatic rings. The molecule has 238 valence electrons. The molecule has 3 heterocycles. The highest BCUT2D eigenvalue weighted by Gasteiger charge is 2.52. The first-order valence-electron chi connectivity index (χ1n) is 17.6. The molecule has 3 aliphatic heterocycles. The zero-order valence-corrected chi connectivity index (χ0v) is 28.9. The Bertz CT molecular complexity index is 1540. The molecule has 0 aromatic heterocycles. The van der Waals surface area contributed by atoms with Gasteiger partial charge in [0.15, 0.2) is 0 Å². The third-order valence-corrected chi connectivity index (χ3v) is 13.1. The van der Waals surface area contributed by atoms with E-state index in [0.717, 1.165) is 50.3 Å². The largest absolute Gasteiger partial charge is 0.461 e. The van der Waals surface area contributed by atoms with E-state index in [2.05, 4.69) is 89.8 Å². The molecule has 4 nitrogen and oxygen atoms in total. The zero-order chi connectivity index (χ0) is 32.3. The summed E-state index contributed by atoms with van der Waals surface area (Å²) in [6.07, 6.45) is 21.8. The molecule has 1 aromatic carbocycles. The molecule has 0 amide bonds. The standard InChI is InChI=1S/C41H53N3O/c1-8-9-10-13-40-14-17-41(18-15-40,19-16-40)35-25-30(31(26-42)27-43)24-32(45-35)12-11-29-22-33-36-34(23-29)39(6,7)38(4,5)28-44(36)21-20-37(33,2)3/h11-12,22-25H,8-10,13-21,28H2,1-7H3/b12-11+. The van der Waals surface area contributed by atoms with Gasteiger partial charge in [-0.3, -0.25) is 0 Å². The summed E-state index contributed by atoms with van der Waals surface area (Å²) in [6, 6.07) is 9.08. The van der Waals surface area contributed by atoms with Crippen molar-refractivity contribution in [2.45, 2.75) is 130 Å². The minimum atomic E-state index is 0.000207. The first-order valence-corrected chi connectivity index (χ1v) is 17.6. The van der Waals surface area contributed by atoms with E-state index in [1.807, 2.05) is 12.2 Å². The second-order valence-corrected chi connectivity index (χ2v) is 16.8. The lowest BCUT2D eigenvalue weighted by Crippen LogP contribution is -2.54. The van der Waals surface area contributed by atoms with Gasteiger partial charge in [-0.25, -0.2) is 0 Å². The first-order chi connectivity index (χ1) is 21.3. The fourth-order valence-electron chi connectivity index (χ4n) is 9.04. The van der Waals surface area contributed by atoms with E-state index in [0.29, 0.717) is 11.0 Å². The van der Waals surface area contributed by atoms with Crippen LogP contribution in [0.1, 0.15) is 136 Å². The second kappa shape index (κ2) is 11.2. The summed E-state index contributed by atoms with van der Waals surface area (Å²) in [5.74, 6) is 1.68. The van der Waals surface area contributed by atoms with Crippen molar-refractivity contribution in [1.82, 2.24) is 0 Å². The van der Waals surface area contributed by atoms with Crippen LogP contribution in [0.2, 0.25) is 0 Å². The molecule has 0 radical (unpaired) electrons.